The Labute approximate surface area is 442 Å². The molecule has 6 aliphatic heterocycles. The third-order valence-corrected chi connectivity index (χ3v) is 17.8. The molecule has 4 aromatic heterocycles. The quantitative estimate of drug-likeness (QED) is 0.144. The van der Waals surface area contributed by atoms with Gasteiger partial charge in [0.15, 0.2) is 11.6 Å². The van der Waals surface area contributed by atoms with Crippen molar-refractivity contribution in [2.75, 3.05) is 87.1 Å². The molecule has 1 saturated carbocycles. The smallest absolute Gasteiger partial charge is 0.238 e. The molecule has 1 atom stereocenters. The topological polar surface area (TPSA) is 185 Å². The van der Waals surface area contributed by atoms with Crippen LogP contribution in [0.25, 0.3) is 22.3 Å². The van der Waals surface area contributed by atoms with E-state index in [0.29, 0.717) is 102 Å². The van der Waals surface area contributed by atoms with E-state index in [4.69, 9.17) is 9.97 Å². The lowest BCUT2D eigenvalue weighted by atomic mass is 9.73. The van der Waals surface area contributed by atoms with Crippen LogP contribution >= 0.6 is 0 Å². The molecular weight excluding hydrogens is 966 g/mol. The lowest BCUT2D eigenvalue weighted by Crippen LogP contribution is -2.58. The first-order valence-corrected chi connectivity index (χ1v) is 27.7. The van der Waals surface area contributed by atoms with Gasteiger partial charge in [-0.05, 0) is 120 Å². The van der Waals surface area contributed by atoms with Crippen LogP contribution in [0.3, 0.4) is 0 Å². The number of aromatic nitrogens is 5. The number of benzene rings is 1. The zero-order chi connectivity index (χ0) is 52.2. The molecule has 398 valence electrons. The Balaban J connectivity index is 0.697. The highest BCUT2D eigenvalue weighted by molar-refractivity contribution is 6.09. The van der Waals surface area contributed by atoms with Crippen LogP contribution in [0.5, 0.6) is 0 Å². The van der Waals surface area contributed by atoms with Crippen molar-refractivity contribution in [1.82, 2.24) is 49.4 Å². The molecule has 1 spiro atoms. The highest BCUT2D eigenvalue weighted by Crippen LogP contribution is 2.52. The van der Waals surface area contributed by atoms with Gasteiger partial charge in [0.25, 0.3) is 0 Å². The second-order valence-electron chi connectivity index (χ2n) is 22.5. The average Bonchev–Trinajstić information content (AvgIpc) is 3.98. The van der Waals surface area contributed by atoms with Gasteiger partial charge in [0, 0.05) is 106 Å². The summed E-state index contributed by atoms with van der Waals surface area (Å²) in [6.07, 6.45) is 14.9. The van der Waals surface area contributed by atoms with Crippen molar-refractivity contribution in [3.8, 4) is 11.3 Å². The van der Waals surface area contributed by atoms with Crippen molar-refractivity contribution < 1.29 is 28.4 Å². The number of pyridine rings is 3. The molecule has 10 heterocycles. The number of imide groups is 1. The zero-order valence-electron chi connectivity index (χ0n) is 43.6. The highest BCUT2D eigenvalue weighted by Gasteiger charge is 2.56. The van der Waals surface area contributed by atoms with E-state index in [1.54, 1.807) is 24.8 Å². The summed E-state index contributed by atoms with van der Waals surface area (Å²) in [7, 11) is 0. The lowest BCUT2D eigenvalue weighted by Gasteiger charge is -2.48. The maximum absolute atomic E-state index is 15.3. The van der Waals surface area contributed by atoms with Crippen LogP contribution in [-0.2, 0) is 29.4 Å². The molecule has 1 unspecified atom stereocenters. The number of hydrogen-bond donors (Lipinski definition) is 2. The number of hydrogen-bond acceptors (Lipinski definition) is 13. The standard InChI is InChI=1S/C57H68FN13O5/c1-36(2)70-35-61-47-31-46(63-53(52(47)70)62-45-12-17-59-33-44(45)58)38-6-9-43-48(28-38)71(41-29-40(30-41)66-18-4-3-5-19-66)56(76)57(43)15-22-69(23-16-57)55(75)37-13-20-68(21-14-37)51(73)34-65-24-26-67(27-25-65)49-10-7-39(32-60-49)42-8-11-50(72)64-54(42)74/h6-7,9-10,12,17,28,31-33,35-37,40-42H,3-5,8,11,13-16,18-27,29-30,34H2,1-2H3,(H,59,62,63)(H,64,72,74)/t40-,41+,42?. The van der Waals surface area contributed by atoms with Gasteiger partial charge < -0.3 is 34.4 Å². The van der Waals surface area contributed by atoms with E-state index in [2.05, 4.69) is 72.2 Å². The van der Waals surface area contributed by atoms with Crippen molar-refractivity contribution in [3.05, 3.63) is 84.3 Å². The van der Waals surface area contributed by atoms with E-state index in [-0.39, 0.29) is 59.1 Å². The minimum absolute atomic E-state index is 0.0735. The lowest BCUT2D eigenvalue weighted by molar-refractivity contribution is -0.143. The van der Waals surface area contributed by atoms with E-state index in [1.165, 1.54) is 25.5 Å². The number of nitrogens with zero attached hydrogens (tertiary/aromatic N) is 11. The third-order valence-electron chi connectivity index (χ3n) is 17.8. The van der Waals surface area contributed by atoms with E-state index in [0.717, 1.165) is 78.2 Å². The van der Waals surface area contributed by atoms with Gasteiger partial charge in [0.05, 0.1) is 47.3 Å². The Bertz CT molecular complexity index is 3040. The molecule has 0 radical (unpaired) electrons. The van der Waals surface area contributed by atoms with Crippen molar-refractivity contribution in [3.63, 3.8) is 0 Å². The molecule has 5 amide bonds. The molecule has 5 aromatic rings. The van der Waals surface area contributed by atoms with Gasteiger partial charge in [-0.2, -0.15) is 0 Å². The van der Waals surface area contributed by atoms with E-state index < -0.39 is 11.2 Å². The average molecular weight is 1030 g/mol. The number of carbonyl (C=O) groups excluding carboxylic acids is 5. The predicted octanol–water partition coefficient (Wildman–Crippen LogP) is 6.16. The molecule has 2 N–H and O–H groups in total. The Morgan fingerprint density at radius 3 is 2.32 bits per heavy atom. The summed E-state index contributed by atoms with van der Waals surface area (Å²) in [4.78, 5) is 98.6. The fourth-order valence-electron chi connectivity index (χ4n) is 13.2. The fourth-order valence-corrected chi connectivity index (χ4v) is 13.2. The molecular formula is C57H68FN13O5. The largest absolute Gasteiger partial charge is 0.354 e. The van der Waals surface area contributed by atoms with Gasteiger partial charge in [0.1, 0.15) is 11.3 Å². The number of likely N-dealkylation sites (tertiary alicyclic amines) is 3. The minimum atomic E-state index is -0.750. The number of nitrogens with one attached hydrogen (secondary N) is 2. The molecule has 18 nitrogen and oxygen atoms in total. The van der Waals surface area contributed by atoms with Gasteiger partial charge in [-0.1, -0.05) is 24.6 Å². The Hall–Kier alpha value is -6.86. The first kappa shape index (κ1) is 50.0. The molecule has 0 bridgehead atoms. The summed E-state index contributed by atoms with van der Waals surface area (Å²) in [6.45, 7) is 11.6. The van der Waals surface area contributed by atoms with Crippen LogP contribution in [0.4, 0.5) is 27.4 Å². The molecule has 1 aliphatic carbocycles. The van der Waals surface area contributed by atoms with Crippen LogP contribution < -0.4 is 20.4 Å². The van der Waals surface area contributed by atoms with Gasteiger partial charge in [-0.25, -0.2) is 19.3 Å². The number of rotatable bonds is 11. The van der Waals surface area contributed by atoms with Crippen LogP contribution in [0.1, 0.15) is 108 Å². The van der Waals surface area contributed by atoms with Crippen molar-refractivity contribution in [2.45, 2.75) is 114 Å². The van der Waals surface area contributed by atoms with E-state index in [9.17, 15) is 19.2 Å². The molecule has 19 heteroatoms. The maximum atomic E-state index is 15.3. The monoisotopic (exact) mass is 1030 g/mol. The summed E-state index contributed by atoms with van der Waals surface area (Å²) in [5.74, 6) is 0.106. The van der Waals surface area contributed by atoms with Gasteiger partial charge in [-0.3, -0.25) is 39.2 Å². The van der Waals surface area contributed by atoms with Gasteiger partial charge in [-0.15, -0.1) is 0 Å². The number of fused-ring (bicyclic) bond motifs is 3. The maximum Gasteiger partial charge on any atom is 0.238 e. The summed E-state index contributed by atoms with van der Waals surface area (Å²) < 4.78 is 17.1. The summed E-state index contributed by atoms with van der Waals surface area (Å²) in [6, 6.07) is 14.3. The summed E-state index contributed by atoms with van der Waals surface area (Å²) >= 11 is 0. The van der Waals surface area contributed by atoms with Crippen LogP contribution in [0.2, 0.25) is 0 Å². The molecule has 1 aromatic carbocycles. The van der Waals surface area contributed by atoms with Crippen LogP contribution in [-0.4, -0.2) is 158 Å². The number of halogens is 1. The molecule has 7 aliphatic rings. The van der Waals surface area contributed by atoms with E-state index >= 15 is 9.18 Å². The number of amides is 5. The molecule has 12 rings (SSSR count). The summed E-state index contributed by atoms with van der Waals surface area (Å²) in [5.41, 5.74) is 5.23. The van der Waals surface area contributed by atoms with Crippen molar-refractivity contribution >= 4 is 63.6 Å². The predicted molar refractivity (Wildman–Crippen MR) is 285 cm³/mol. The Morgan fingerprint density at radius 2 is 1.61 bits per heavy atom. The van der Waals surface area contributed by atoms with Gasteiger partial charge in [0.2, 0.25) is 29.5 Å². The minimum Gasteiger partial charge on any atom is -0.354 e. The Kier molecular flexibility index (Phi) is 13.5. The molecule has 5 saturated heterocycles. The Morgan fingerprint density at radius 1 is 0.829 bits per heavy atom. The van der Waals surface area contributed by atoms with Crippen LogP contribution in [0, 0.1) is 11.7 Å². The number of piperidine rings is 4. The van der Waals surface area contributed by atoms with Gasteiger partial charge >= 0.3 is 0 Å². The molecule has 6 fully saturated rings. The zero-order valence-corrected chi connectivity index (χ0v) is 43.6. The first-order valence-electron chi connectivity index (χ1n) is 27.7. The number of anilines is 4. The highest BCUT2D eigenvalue weighted by atomic mass is 19.1. The third kappa shape index (κ3) is 9.36. The molecule has 76 heavy (non-hydrogen) atoms. The second-order valence-corrected chi connectivity index (χ2v) is 22.5. The van der Waals surface area contributed by atoms with Crippen molar-refractivity contribution in [1.29, 1.82) is 0 Å². The number of carbonyl (C=O) groups is 5. The second kappa shape index (κ2) is 20.6. The fraction of sp³-hybridized carbons (Fsp3) is 0.526. The summed E-state index contributed by atoms with van der Waals surface area (Å²) in [5, 5.41) is 5.66. The normalized spacial score (nSPS) is 23.6. The number of piperazine rings is 1. The van der Waals surface area contributed by atoms with E-state index in [1.807, 2.05) is 32.6 Å². The van der Waals surface area contributed by atoms with Crippen molar-refractivity contribution in [2.24, 2.45) is 5.92 Å². The van der Waals surface area contributed by atoms with Crippen LogP contribution in [0.15, 0.2) is 67.4 Å². The SMILES string of the molecule is CC(C)n1cnc2cc(-c3ccc4c(c3)N([C@H]3C[C@@H](N5CCCCC5)C3)C(=O)C43CCN(C(=O)C4CCN(C(=O)CN5CCN(c6ccc(C7CCC(=O)NC7=O)cn6)CC5)CC4)CC3)nc(Nc3ccncc3F)c21. The number of imidazole rings is 1. The first-order chi connectivity index (χ1) is 36.9.